The van der Waals surface area contributed by atoms with Crippen molar-refractivity contribution >= 4 is 5.97 Å². The molecule has 0 bridgehead atoms. The molecule has 0 radical (unpaired) electrons. The molecule has 7 atom stereocenters. The summed E-state index contributed by atoms with van der Waals surface area (Å²) in [6, 6.07) is 0. The van der Waals surface area contributed by atoms with Crippen LogP contribution < -0.4 is 0 Å². The second-order valence-electron chi connectivity index (χ2n) is 11.9. The Labute approximate surface area is 171 Å². The monoisotopic (exact) mass is 388 g/mol. The van der Waals surface area contributed by atoms with Crippen LogP contribution in [0.3, 0.4) is 0 Å². The summed E-state index contributed by atoms with van der Waals surface area (Å²) in [6.07, 6.45) is 8.56. The van der Waals surface area contributed by atoms with Gasteiger partial charge in [-0.15, -0.1) is 0 Å². The van der Waals surface area contributed by atoms with E-state index < -0.39 is 5.97 Å². The fourth-order valence-electron chi connectivity index (χ4n) is 8.69. The molecular formula is C25H40O3. The van der Waals surface area contributed by atoms with E-state index in [-0.39, 0.29) is 39.6 Å². The van der Waals surface area contributed by atoms with Gasteiger partial charge in [0.2, 0.25) is 0 Å². The zero-order valence-corrected chi connectivity index (χ0v) is 18.8. The minimum Gasteiger partial charge on any atom is -0.481 e. The Hall–Kier alpha value is -0.830. The van der Waals surface area contributed by atoms with Gasteiger partial charge in [-0.1, -0.05) is 52.7 Å². The molecule has 0 heterocycles. The Morgan fingerprint density at radius 2 is 1.64 bits per heavy atom. The normalized spacial score (nSPS) is 48.5. The standard InChI is InChI=1S/C25H40O3/c1-15(21(27)28)16-9-13-25(6)18-7-8-19-22(2,3)20(26)11-12-23(19,4)17(18)10-14-24(16,25)5/h15-16,19-20,26H,7-14H2,1-6H3,(H,27,28)/t15-,16+,19-,20-,23+,24+,25-/m0/s1. The molecule has 0 amide bonds. The molecule has 3 heteroatoms. The third-order valence-electron chi connectivity index (χ3n) is 10.8. The van der Waals surface area contributed by atoms with E-state index in [1.165, 1.54) is 6.42 Å². The number of aliphatic carboxylic acids is 1. The lowest BCUT2D eigenvalue weighted by atomic mass is 9.43. The first kappa shape index (κ1) is 20.4. The van der Waals surface area contributed by atoms with Crippen LogP contribution in [-0.4, -0.2) is 22.3 Å². The van der Waals surface area contributed by atoms with E-state index in [1.54, 1.807) is 11.1 Å². The molecule has 2 fully saturated rings. The van der Waals surface area contributed by atoms with E-state index >= 15 is 0 Å². The molecule has 4 rings (SSSR count). The molecule has 0 aromatic heterocycles. The fourth-order valence-corrected chi connectivity index (χ4v) is 8.69. The summed E-state index contributed by atoms with van der Waals surface area (Å²) >= 11 is 0. The van der Waals surface area contributed by atoms with Crippen LogP contribution in [0, 0.1) is 39.4 Å². The van der Waals surface area contributed by atoms with Crippen LogP contribution in [0.15, 0.2) is 11.1 Å². The lowest BCUT2D eigenvalue weighted by Gasteiger charge is -2.62. The van der Waals surface area contributed by atoms with Gasteiger partial charge in [0.25, 0.3) is 0 Å². The van der Waals surface area contributed by atoms with Crippen molar-refractivity contribution in [2.75, 3.05) is 0 Å². The lowest BCUT2D eigenvalue weighted by Crippen LogP contribution is -2.55. The second-order valence-corrected chi connectivity index (χ2v) is 11.9. The van der Waals surface area contributed by atoms with Crippen LogP contribution in [-0.2, 0) is 4.79 Å². The number of allylic oxidation sites excluding steroid dienone is 2. The van der Waals surface area contributed by atoms with Crippen LogP contribution in [0.4, 0.5) is 0 Å². The smallest absolute Gasteiger partial charge is 0.306 e. The van der Waals surface area contributed by atoms with Crippen LogP contribution in [0.25, 0.3) is 0 Å². The van der Waals surface area contributed by atoms with Gasteiger partial charge >= 0.3 is 5.97 Å². The number of carboxylic acid groups (broad SMARTS) is 1. The van der Waals surface area contributed by atoms with E-state index in [9.17, 15) is 15.0 Å². The van der Waals surface area contributed by atoms with Gasteiger partial charge in [0, 0.05) is 0 Å². The number of aliphatic hydroxyl groups excluding tert-OH is 1. The van der Waals surface area contributed by atoms with E-state index in [0.29, 0.717) is 5.92 Å². The van der Waals surface area contributed by atoms with E-state index in [1.807, 2.05) is 6.92 Å². The van der Waals surface area contributed by atoms with Crippen molar-refractivity contribution in [1.29, 1.82) is 0 Å². The van der Waals surface area contributed by atoms with E-state index in [0.717, 1.165) is 44.9 Å². The molecule has 0 aromatic carbocycles. The largest absolute Gasteiger partial charge is 0.481 e. The molecule has 0 unspecified atom stereocenters. The van der Waals surface area contributed by atoms with Crippen molar-refractivity contribution in [2.24, 2.45) is 39.4 Å². The highest BCUT2D eigenvalue weighted by atomic mass is 16.4. The van der Waals surface area contributed by atoms with Crippen LogP contribution in [0.5, 0.6) is 0 Å². The van der Waals surface area contributed by atoms with Gasteiger partial charge in [-0.2, -0.15) is 0 Å². The Morgan fingerprint density at radius 3 is 2.29 bits per heavy atom. The summed E-state index contributed by atoms with van der Waals surface area (Å²) in [5.74, 6) is -0.0663. The molecule has 2 saturated carbocycles. The molecule has 0 saturated heterocycles. The number of carbonyl (C=O) groups is 1. The molecule has 28 heavy (non-hydrogen) atoms. The maximum Gasteiger partial charge on any atom is 0.306 e. The van der Waals surface area contributed by atoms with Gasteiger partial charge in [-0.25, -0.2) is 0 Å². The quantitative estimate of drug-likeness (QED) is 0.586. The van der Waals surface area contributed by atoms with Gasteiger partial charge in [0.05, 0.1) is 12.0 Å². The second kappa shape index (κ2) is 6.09. The van der Waals surface area contributed by atoms with Crippen molar-refractivity contribution < 1.29 is 15.0 Å². The molecule has 0 aromatic rings. The molecule has 4 aliphatic carbocycles. The van der Waals surface area contributed by atoms with Gasteiger partial charge < -0.3 is 10.2 Å². The number of hydrogen-bond donors (Lipinski definition) is 2. The predicted molar refractivity (Wildman–Crippen MR) is 112 cm³/mol. The fraction of sp³-hybridized carbons (Fsp3) is 0.880. The van der Waals surface area contributed by atoms with Crippen molar-refractivity contribution in [3.8, 4) is 0 Å². The van der Waals surface area contributed by atoms with E-state index in [2.05, 4.69) is 34.6 Å². The molecule has 0 spiro atoms. The SMILES string of the molecule is C[C@H](C(=O)O)[C@H]1CC[C@@]2(C)C3=C(CC[C@]12C)[C@@]1(C)CC[C@H](O)C(C)(C)[C@@H]1CC3. The third kappa shape index (κ3) is 2.35. The highest BCUT2D eigenvalue weighted by Gasteiger charge is 2.63. The highest BCUT2D eigenvalue weighted by Crippen LogP contribution is 2.72. The molecule has 4 aliphatic rings. The summed E-state index contributed by atoms with van der Waals surface area (Å²) in [5, 5.41) is 20.4. The molecule has 158 valence electrons. The Balaban J connectivity index is 1.77. The number of aliphatic hydroxyl groups is 1. The first-order valence-corrected chi connectivity index (χ1v) is 11.5. The van der Waals surface area contributed by atoms with Crippen LogP contribution >= 0.6 is 0 Å². The third-order valence-corrected chi connectivity index (χ3v) is 10.8. The predicted octanol–water partition coefficient (Wildman–Crippen LogP) is 5.82. The first-order chi connectivity index (χ1) is 12.9. The summed E-state index contributed by atoms with van der Waals surface area (Å²) in [5.41, 5.74) is 3.81. The molecular weight excluding hydrogens is 348 g/mol. The van der Waals surface area contributed by atoms with Crippen molar-refractivity contribution in [1.82, 2.24) is 0 Å². The average molecular weight is 389 g/mol. The number of hydrogen-bond acceptors (Lipinski definition) is 2. The van der Waals surface area contributed by atoms with Gasteiger partial charge in [0.15, 0.2) is 0 Å². The summed E-state index contributed by atoms with van der Waals surface area (Å²) in [7, 11) is 0. The number of rotatable bonds is 2. The Kier molecular flexibility index (Phi) is 4.45. The van der Waals surface area contributed by atoms with Crippen LogP contribution in [0.1, 0.15) is 92.9 Å². The number of fused-ring (bicyclic) bond motifs is 4. The van der Waals surface area contributed by atoms with Gasteiger partial charge in [-0.05, 0) is 84.9 Å². The zero-order valence-electron chi connectivity index (χ0n) is 18.8. The van der Waals surface area contributed by atoms with Crippen molar-refractivity contribution in [3.05, 3.63) is 11.1 Å². The summed E-state index contributed by atoms with van der Waals surface area (Å²) in [4.78, 5) is 11.8. The number of carboxylic acids is 1. The molecule has 2 N–H and O–H groups in total. The minimum atomic E-state index is -0.631. The maximum atomic E-state index is 11.8. The highest BCUT2D eigenvalue weighted by molar-refractivity contribution is 5.70. The van der Waals surface area contributed by atoms with Crippen molar-refractivity contribution in [3.63, 3.8) is 0 Å². The van der Waals surface area contributed by atoms with Gasteiger partial charge in [0.1, 0.15) is 0 Å². The zero-order chi connectivity index (χ0) is 20.7. The Bertz CT molecular complexity index is 721. The topological polar surface area (TPSA) is 57.5 Å². The van der Waals surface area contributed by atoms with E-state index in [4.69, 9.17) is 0 Å². The maximum absolute atomic E-state index is 11.8. The van der Waals surface area contributed by atoms with Gasteiger partial charge in [-0.3, -0.25) is 4.79 Å². The minimum absolute atomic E-state index is 0.0246. The molecule has 3 nitrogen and oxygen atoms in total. The average Bonchev–Trinajstić information content (AvgIpc) is 2.90. The van der Waals surface area contributed by atoms with Crippen LogP contribution in [0.2, 0.25) is 0 Å². The summed E-state index contributed by atoms with van der Waals surface area (Å²) in [6.45, 7) is 13.8. The summed E-state index contributed by atoms with van der Waals surface area (Å²) < 4.78 is 0. The lowest BCUT2D eigenvalue weighted by molar-refractivity contribution is -0.145. The molecule has 0 aliphatic heterocycles. The van der Waals surface area contributed by atoms with Crippen molar-refractivity contribution in [2.45, 2.75) is 99.0 Å². The Morgan fingerprint density at radius 1 is 0.964 bits per heavy atom. The first-order valence-electron chi connectivity index (χ1n) is 11.5.